The first-order valence-corrected chi connectivity index (χ1v) is 7.11. The van der Waals surface area contributed by atoms with E-state index >= 15 is 0 Å². The van der Waals surface area contributed by atoms with Crippen molar-refractivity contribution in [2.45, 2.75) is 18.9 Å². The average Bonchev–Trinajstić information content (AvgIpc) is 3.08. The van der Waals surface area contributed by atoms with E-state index < -0.39 is 4.92 Å². The Morgan fingerprint density at radius 1 is 1.45 bits per heavy atom. The number of piperidine rings is 1. The van der Waals surface area contributed by atoms with Gasteiger partial charge < -0.3 is 4.90 Å². The molecule has 1 aliphatic heterocycles. The zero-order valence-electron chi connectivity index (χ0n) is 11.9. The maximum absolute atomic E-state index is 10.9. The molecule has 7 nitrogen and oxygen atoms in total. The van der Waals surface area contributed by atoms with Crippen LogP contribution in [0.25, 0.3) is 0 Å². The van der Waals surface area contributed by atoms with Crippen LogP contribution in [0.4, 0.5) is 11.4 Å². The van der Waals surface area contributed by atoms with Crippen molar-refractivity contribution in [1.82, 2.24) is 9.78 Å². The first kappa shape index (κ1) is 14.1. The van der Waals surface area contributed by atoms with Crippen LogP contribution >= 0.6 is 0 Å². The molecule has 0 saturated carbocycles. The zero-order chi connectivity index (χ0) is 15.5. The summed E-state index contributed by atoms with van der Waals surface area (Å²) in [5.41, 5.74) is 0.801. The number of aromatic nitrogens is 2. The van der Waals surface area contributed by atoms with Gasteiger partial charge >= 0.3 is 0 Å². The number of nitriles is 1. The summed E-state index contributed by atoms with van der Waals surface area (Å²) >= 11 is 0. The van der Waals surface area contributed by atoms with Crippen molar-refractivity contribution < 1.29 is 4.92 Å². The van der Waals surface area contributed by atoms with Gasteiger partial charge in [-0.1, -0.05) is 0 Å². The van der Waals surface area contributed by atoms with Crippen LogP contribution in [0, 0.1) is 21.4 Å². The maximum atomic E-state index is 10.9. The molecule has 1 atom stereocenters. The van der Waals surface area contributed by atoms with Crippen LogP contribution in [0.2, 0.25) is 0 Å². The number of anilines is 1. The first-order chi connectivity index (χ1) is 10.7. The van der Waals surface area contributed by atoms with Gasteiger partial charge in [-0.2, -0.15) is 10.4 Å². The minimum absolute atomic E-state index is 0.101. The third kappa shape index (κ3) is 2.63. The predicted molar refractivity (Wildman–Crippen MR) is 80.5 cm³/mol. The van der Waals surface area contributed by atoms with E-state index in [1.807, 2.05) is 23.0 Å². The van der Waals surface area contributed by atoms with E-state index in [2.05, 4.69) is 10.00 Å². The fourth-order valence-electron chi connectivity index (χ4n) is 2.87. The van der Waals surface area contributed by atoms with Crippen LogP contribution in [0.5, 0.6) is 0 Å². The molecule has 2 aromatic rings. The number of rotatable bonds is 3. The fraction of sp³-hybridized carbons (Fsp3) is 0.333. The monoisotopic (exact) mass is 297 g/mol. The summed E-state index contributed by atoms with van der Waals surface area (Å²) in [6.07, 6.45) is 5.78. The topological polar surface area (TPSA) is 88.0 Å². The highest BCUT2D eigenvalue weighted by Gasteiger charge is 2.23. The van der Waals surface area contributed by atoms with E-state index in [0.717, 1.165) is 31.6 Å². The van der Waals surface area contributed by atoms with Crippen molar-refractivity contribution in [3.63, 3.8) is 0 Å². The molecule has 0 N–H and O–H groups in total. The molecule has 1 saturated heterocycles. The largest absolute Gasteiger partial charge is 0.369 e. The predicted octanol–water partition coefficient (Wildman–Crippen LogP) is 2.50. The Morgan fingerprint density at radius 3 is 3.00 bits per heavy atom. The van der Waals surface area contributed by atoms with Crippen LogP contribution in [-0.4, -0.2) is 27.8 Å². The molecule has 1 aromatic heterocycles. The number of nitrogens with zero attached hydrogens (tertiary/aromatic N) is 5. The summed E-state index contributed by atoms with van der Waals surface area (Å²) in [5.74, 6) is 0. The van der Waals surface area contributed by atoms with Crippen LogP contribution < -0.4 is 4.90 Å². The molecule has 0 radical (unpaired) electrons. The molecule has 0 bridgehead atoms. The smallest absolute Gasteiger partial charge is 0.287 e. The molecular formula is C15H15N5O2. The van der Waals surface area contributed by atoms with E-state index in [9.17, 15) is 10.1 Å². The second kappa shape index (κ2) is 5.85. The minimum Gasteiger partial charge on any atom is -0.369 e. The average molecular weight is 297 g/mol. The van der Waals surface area contributed by atoms with Gasteiger partial charge in [0.1, 0.15) is 11.6 Å². The highest BCUT2D eigenvalue weighted by molar-refractivity contribution is 5.60. The molecule has 3 rings (SSSR count). The Balaban J connectivity index is 1.85. The Bertz CT molecular complexity index is 720. The fourth-order valence-corrected chi connectivity index (χ4v) is 2.87. The lowest BCUT2D eigenvalue weighted by Crippen LogP contribution is -2.36. The van der Waals surface area contributed by atoms with Gasteiger partial charge in [0.2, 0.25) is 0 Å². The molecule has 1 aliphatic rings. The molecule has 2 heterocycles. The Labute approximate surface area is 127 Å². The Kier molecular flexibility index (Phi) is 3.74. The molecule has 0 amide bonds. The summed E-state index contributed by atoms with van der Waals surface area (Å²) in [6, 6.07) is 8.81. The van der Waals surface area contributed by atoms with Crippen LogP contribution in [0.15, 0.2) is 36.7 Å². The number of benzene rings is 1. The Hall–Kier alpha value is -2.88. The quantitative estimate of drug-likeness (QED) is 0.641. The van der Waals surface area contributed by atoms with Crippen molar-refractivity contribution in [2.75, 3.05) is 18.0 Å². The summed E-state index contributed by atoms with van der Waals surface area (Å²) < 4.78 is 1.95. The van der Waals surface area contributed by atoms with Crippen molar-refractivity contribution in [3.8, 4) is 6.07 Å². The van der Waals surface area contributed by atoms with Crippen molar-refractivity contribution >= 4 is 11.4 Å². The lowest BCUT2D eigenvalue weighted by Gasteiger charge is -2.34. The van der Waals surface area contributed by atoms with Gasteiger partial charge in [-0.05, 0) is 31.0 Å². The first-order valence-electron chi connectivity index (χ1n) is 7.11. The van der Waals surface area contributed by atoms with Crippen LogP contribution in [0.3, 0.4) is 0 Å². The number of nitro benzene ring substituents is 1. The van der Waals surface area contributed by atoms with Gasteiger partial charge in [0.05, 0.1) is 11.0 Å². The van der Waals surface area contributed by atoms with E-state index in [0.29, 0.717) is 0 Å². The summed E-state index contributed by atoms with van der Waals surface area (Å²) in [6.45, 7) is 1.66. The molecular weight excluding hydrogens is 282 g/mol. The summed E-state index contributed by atoms with van der Waals surface area (Å²) in [5, 5.41) is 24.3. The van der Waals surface area contributed by atoms with E-state index in [1.165, 1.54) is 6.07 Å². The van der Waals surface area contributed by atoms with Gasteiger partial charge in [0.15, 0.2) is 0 Å². The van der Waals surface area contributed by atoms with Gasteiger partial charge in [-0.3, -0.25) is 14.8 Å². The molecule has 7 heteroatoms. The van der Waals surface area contributed by atoms with Gasteiger partial charge in [-0.25, -0.2) is 0 Å². The standard InChI is InChI=1S/C15H15N5O2/c16-10-12-9-13(4-5-15(12)20(21)22)18-7-1-3-14(11-18)19-8-2-6-17-19/h2,4-6,8-9,14H,1,3,7,11H2/t14-/m1/s1. The zero-order valence-corrected chi connectivity index (χ0v) is 11.9. The summed E-state index contributed by atoms with van der Waals surface area (Å²) in [4.78, 5) is 12.5. The molecule has 0 aliphatic carbocycles. The number of nitro groups is 1. The molecule has 1 fully saturated rings. The number of hydrogen-bond acceptors (Lipinski definition) is 5. The van der Waals surface area contributed by atoms with Gasteiger partial charge in [0, 0.05) is 37.2 Å². The molecule has 0 spiro atoms. The lowest BCUT2D eigenvalue weighted by atomic mass is 10.0. The highest BCUT2D eigenvalue weighted by atomic mass is 16.6. The molecule has 0 unspecified atom stereocenters. The van der Waals surface area contributed by atoms with E-state index in [4.69, 9.17) is 5.26 Å². The highest BCUT2D eigenvalue weighted by Crippen LogP contribution is 2.29. The second-order valence-corrected chi connectivity index (χ2v) is 5.30. The van der Waals surface area contributed by atoms with Crippen molar-refractivity contribution in [2.24, 2.45) is 0 Å². The maximum Gasteiger partial charge on any atom is 0.287 e. The normalized spacial score (nSPS) is 18.0. The van der Waals surface area contributed by atoms with Crippen LogP contribution in [0.1, 0.15) is 24.4 Å². The van der Waals surface area contributed by atoms with E-state index in [-0.39, 0.29) is 17.3 Å². The lowest BCUT2D eigenvalue weighted by molar-refractivity contribution is -0.385. The van der Waals surface area contributed by atoms with E-state index in [1.54, 1.807) is 18.3 Å². The Morgan fingerprint density at radius 2 is 2.32 bits per heavy atom. The minimum atomic E-state index is -0.523. The third-order valence-electron chi connectivity index (χ3n) is 3.96. The summed E-state index contributed by atoms with van der Waals surface area (Å²) in [7, 11) is 0. The van der Waals surface area contributed by atoms with Crippen molar-refractivity contribution in [3.05, 3.63) is 52.3 Å². The molecule has 112 valence electrons. The van der Waals surface area contributed by atoms with Gasteiger partial charge in [0.25, 0.3) is 5.69 Å². The number of hydrogen-bond donors (Lipinski definition) is 0. The molecule has 22 heavy (non-hydrogen) atoms. The molecule has 1 aromatic carbocycles. The van der Waals surface area contributed by atoms with Crippen molar-refractivity contribution in [1.29, 1.82) is 5.26 Å². The second-order valence-electron chi connectivity index (χ2n) is 5.30. The SMILES string of the molecule is N#Cc1cc(N2CCC[C@@H](n3cccn3)C2)ccc1[N+](=O)[O-]. The van der Waals surface area contributed by atoms with Gasteiger partial charge in [-0.15, -0.1) is 0 Å². The third-order valence-corrected chi connectivity index (χ3v) is 3.96. The van der Waals surface area contributed by atoms with Crippen LogP contribution in [-0.2, 0) is 0 Å².